The Labute approximate surface area is 131 Å². The summed E-state index contributed by atoms with van der Waals surface area (Å²) < 4.78 is 9.41. The van der Waals surface area contributed by atoms with Crippen LogP contribution in [0, 0.1) is 6.92 Å². The second kappa shape index (κ2) is 6.75. The fourth-order valence-electron chi connectivity index (χ4n) is 2.47. The summed E-state index contributed by atoms with van der Waals surface area (Å²) in [6.45, 7) is 8.03. The predicted molar refractivity (Wildman–Crippen MR) is 88.9 cm³/mol. The number of nitrogens with zero attached hydrogens (tertiary/aromatic N) is 4. The van der Waals surface area contributed by atoms with Gasteiger partial charge in [-0.2, -0.15) is 5.10 Å². The summed E-state index contributed by atoms with van der Waals surface area (Å²) in [5.41, 5.74) is 5.20. The van der Waals surface area contributed by atoms with E-state index >= 15 is 0 Å². The SMILES string of the molecule is CC.CO[C@H](C)c1cc(-c2ccnn2C)cn2cc(C)nc12. The largest absolute Gasteiger partial charge is 0.377 e. The van der Waals surface area contributed by atoms with Crippen LogP contribution in [0.3, 0.4) is 0 Å². The van der Waals surface area contributed by atoms with Gasteiger partial charge in [-0.25, -0.2) is 4.98 Å². The first kappa shape index (κ1) is 16.2. The van der Waals surface area contributed by atoms with Crippen LogP contribution in [-0.4, -0.2) is 26.3 Å². The first-order chi connectivity index (χ1) is 10.6. The summed E-state index contributed by atoms with van der Waals surface area (Å²) >= 11 is 0. The van der Waals surface area contributed by atoms with Crippen molar-refractivity contribution >= 4 is 5.65 Å². The molecule has 5 heteroatoms. The minimum Gasteiger partial charge on any atom is -0.377 e. The molecule has 3 heterocycles. The maximum atomic E-state index is 5.48. The van der Waals surface area contributed by atoms with Gasteiger partial charge in [0.25, 0.3) is 0 Å². The summed E-state index contributed by atoms with van der Waals surface area (Å²) in [5.74, 6) is 0. The molecule has 0 N–H and O–H groups in total. The number of hydrogen-bond acceptors (Lipinski definition) is 3. The Morgan fingerprint density at radius 3 is 2.55 bits per heavy atom. The third-order valence-electron chi connectivity index (χ3n) is 3.61. The van der Waals surface area contributed by atoms with Crippen molar-refractivity contribution in [1.29, 1.82) is 0 Å². The molecule has 0 radical (unpaired) electrons. The van der Waals surface area contributed by atoms with Gasteiger partial charge in [-0.1, -0.05) is 13.8 Å². The van der Waals surface area contributed by atoms with Crippen LogP contribution >= 0.6 is 0 Å². The zero-order valence-corrected chi connectivity index (χ0v) is 14.2. The van der Waals surface area contributed by atoms with Gasteiger partial charge in [-0.15, -0.1) is 0 Å². The molecule has 1 atom stereocenters. The normalized spacial score (nSPS) is 12.1. The van der Waals surface area contributed by atoms with Gasteiger partial charge in [0.2, 0.25) is 0 Å². The molecule has 118 valence electrons. The first-order valence-electron chi connectivity index (χ1n) is 7.60. The monoisotopic (exact) mass is 300 g/mol. The molecule has 3 aromatic heterocycles. The molecule has 0 aliphatic rings. The minimum absolute atomic E-state index is 0.00697. The molecule has 0 saturated heterocycles. The van der Waals surface area contributed by atoms with Gasteiger partial charge in [-0.05, 0) is 26.0 Å². The van der Waals surface area contributed by atoms with E-state index in [1.54, 1.807) is 13.3 Å². The van der Waals surface area contributed by atoms with E-state index in [-0.39, 0.29) is 6.10 Å². The van der Waals surface area contributed by atoms with E-state index in [0.29, 0.717) is 0 Å². The highest BCUT2D eigenvalue weighted by atomic mass is 16.5. The highest BCUT2D eigenvalue weighted by Crippen LogP contribution is 2.27. The van der Waals surface area contributed by atoms with E-state index in [1.807, 2.05) is 51.7 Å². The van der Waals surface area contributed by atoms with Crippen LogP contribution in [0.2, 0.25) is 0 Å². The minimum atomic E-state index is -0.00697. The summed E-state index contributed by atoms with van der Waals surface area (Å²) in [4.78, 5) is 4.59. The first-order valence-corrected chi connectivity index (χ1v) is 7.60. The third kappa shape index (κ3) is 2.90. The van der Waals surface area contributed by atoms with Crippen molar-refractivity contribution in [3.05, 3.63) is 42.0 Å². The molecule has 3 rings (SSSR count). The topological polar surface area (TPSA) is 44.4 Å². The van der Waals surface area contributed by atoms with E-state index in [2.05, 4.69) is 26.7 Å². The lowest BCUT2D eigenvalue weighted by Crippen LogP contribution is -2.02. The van der Waals surface area contributed by atoms with Crippen LogP contribution in [0.1, 0.15) is 38.1 Å². The van der Waals surface area contributed by atoms with E-state index in [4.69, 9.17) is 4.74 Å². The summed E-state index contributed by atoms with van der Waals surface area (Å²) in [6, 6.07) is 4.14. The van der Waals surface area contributed by atoms with Crippen molar-refractivity contribution in [3.8, 4) is 11.3 Å². The molecular weight excluding hydrogens is 276 g/mol. The van der Waals surface area contributed by atoms with E-state index in [0.717, 1.165) is 28.2 Å². The molecule has 0 fully saturated rings. The van der Waals surface area contributed by atoms with Crippen molar-refractivity contribution in [3.63, 3.8) is 0 Å². The number of imidazole rings is 1. The van der Waals surface area contributed by atoms with Crippen molar-refractivity contribution in [2.45, 2.75) is 33.8 Å². The van der Waals surface area contributed by atoms with Crippen LogP contribution in [0.25, 0.3) is 16.9 Å². The van der Waals surface area contributed by atoms with Gasteiger partial charge in [0.05, 0.1) is 17.5 Å². The summed E-state index contributed by atoms with van der Waals surface area (Å²) in [5, 5.41) is 4.23. The molecule has 3 aromatic rings. The molecule has 0 bridgehead atoms. The molecular formula is C17H24N4O. The van der Waals surface area contributed by atoms with Gasteiger partial charge in [0.15, 0.2) is 0 Å². The number of fused-ring (bicyclic) bond motifs is 1. The fourth-order valence-corrected chi connectivity index (χ4v) is 2.47. The molecule has 0 saturated carbocycles. The lowest BCUT2D eigenvalue weighted by molar-refractivity contribution is 0.120. The van der Waals surface area contributed by atoms with Gasteiger partial charge in [0, 0.05) is 43.9 Å². The number of ether oxygens (including phenoxy) is 1. The van der Waals surface area contributed by atoms with Crippen LogP contribution in [0.15, 0.2) is 30.7 Å². The molecule has 0 aromatic carbocycles. The molecule has 0 aliphatic heterocycles. The fraction of sp³-hybridized carbons (Fsp3) is 0.412. The number of aryl methyl sites for hydroxylation is 2. The Balaban J connectivity index is 0.000000847. The Morgan fingerprint density at radius 1 is 1.23 bits per heavy atom. The van der Waals surface area contributed by atoms with E-state index in [1.165, 1.54) is 0 Å². The van der Waals surface area contributed by atoms with Gasteiger partial charge < -0.3 is 9.14 Å². The van der Waals surface area contributed by atoms with Crippen LogP contribution < -0.4 is 0 Å². The second-order valence-corrected chi connectivity index (χ2v) is 5.02. The lowest BCUT2D eigenvalue weighted by atomic mass is 10.1. The molecule has 22 heavy (non-hydrogen) atoms. The highest BCUT2D eigenvalue weighted by molar-refractivity contribution is 5.65. The maximum Gasteiger partial charge on any atom is 0.142 e. The molecule has 5 nitrogen and oxygen atoms in total. The van der Waals surface area contributed by atoms with Crippen molar-refractivity contribution in [2.24, 2.45) is 7.05 Å². The van der Waals surface area contributed by atoms with E-state index < -0.39 is 0 Å². The van der Waals surface area contributed by atoms with Gasteiger partial charge >= 0.3 is 0 Å². The molecule has 0 unspecified atom stereocenters. The van der Waals surface area contributed by atoms with Crippen molar-refractivity contribution in [1.82, 2.24) is 19.2 Å². The van der Waals surface area contributed by atoms with Gasteiger partial charge in [-0.3, -0.25) is 4.68 Å². The number of pyridine rings is 1. The zero-order chi connectivity index (χ0) is 16.3. The average molecular weight is 300 g/mol. The number of methoxy groups -OCH3 is 1. The molecule has 0 spiro atoms. The Morgan fingerprint density at radius 2 is 1.95 bits per heavy atom. The summed E-state index contributed by atoms with van der Waals surface area (Å²) in [7, 11) is 3.66. The molecule has 0 amide bonds. The van der Waals surface area contributed by atoms with Crippen molar-refractivity contribution < 1.29 is 4.74 Å². The Bertz CT molecular complexity index is 757. The third-order valence-corrected chi connectivity index (χ3v) is 3.61. The van der Waals surface area contributed by atoms with E-state index in [9.17, 15) is 0 Å². The van der Waals surface area contributed by atoms with Gasteiger partial charge in [0.1, 0.15) is 5.65 Å². The lowest BCUT2D eigenvalue weighted by Gasteiger charge is -2.13. The Hall–Kier alpha value is -2.14. The van der Waals surface area contributed by atoms with Crippen LogP contribution in [-0.2, 0) is 11.8 Å². The molecule has 0 aliphatic carbocycles. The Kier molecular flexibility index (Phi) is 4.98. The summed E-state index contributed by atoms with van der Waals surface area (Å²) in [6.07, 6.45) is 5.91. The standard InChI is InChI=1S/C15H18N4O.C2H6/c1-10-8-19-9-12(14-5-6-16-18(14)3)7-13(11(2)20-4)15(19)17-10;1-2/h5-9,11H,1-4H3;1-2H3/t11-;/m1./s1. The average Bonchev–Trinajstić information content (AvgIpc) is 3.11. The number of aromatic nitrogens is 4. The van der Waals surface area contributed by atoms with Crippen LogP contribution in [0.5, 0.6) is 0 Å². The van der Waals surface area contributed by atoms with Crippen LogP contribution in [0.4, 0.5) is 0 Å². The number of rotatable bonds is 3. The zero-order valence-electron chi connectivity index (χ0n) is 14.2. The number of hydrogen-bond donors (Lipinski definition) is 0. The van der Waals surface area contributed by atoms with Crippen molar-refractivity contribution in [2.75, 3.05) is 7.11 Å². The smallest absolute Gasteiger partial charge is 0.142 e. The second-order valence-electron chi connectivity index (χ2n) is 5.02. The quantitative estimate of drug-likeness (QED) is 0.739. The predicted octanol–water partition coefficient (Wildman–Crippen LogP) is 3.78. The maximum absolute atomic E-state index is 5.48. The highest BCUT2D eigenvalue weighted by Gasteiger charge is 2.15.